The molecule has 282 valence electrons. The third-order valence-corrected chi connectivity index (χ3v) is 11.9. The molecule has 0 bridgehead atoms. The number of hydrogen-bond donors (Lipinski definition) is 1. The van der Waals surface area contributed by atoms with Crippen LogP contribution in [0, 0.1) is 0 Å². The molecule has 0 aliphatic carbocycles. The van der Waals surface area contributed by atoms with E-state index in [-0.39, 0.29) is 6.17 Å². The second-order valence-electron chi connectivity index (χ2n) is 15.5. The van der Waals surface area contributed by atoms with Gasteiger partial charge in [-0.05, 0) is 70.6 Å². The molecule has 11 aromatic rings. The lowest BCUT2D eigenvalue weighted by Gasteiger charge is -2.24. The maximum Gasteiger partial charge on any atom is 0.159 e. The van der Waals surface area contributed by atoms with Crippen molar-refractivity contribution in [2.45, 2.75) is 6.17 Å². The Hall–Kier alpha value is -8.02. The molecule has 0 amide bonds. The summed E-state index contributed by atoms with van der Waals surface area (Å²) in [6, 6.07) is 75.8. The number of aliphatic imine (C=N–C) groups is 2. The van der Waals surface area contributed by atoms with Crippen LogP contribution in [0.4, 0.5) is 0 Å². The van der Waals surface area contributed by atoms with Crippen LogP contribution in [0.5, 0.6) is 0 Å². The van der Waals surface area contributed by atoms with Crippen molar-refractivity contribution >= 4 is 66.1 Å². The van der Waals surface area contributed by atoms with Gasteiger partial charge in [-0.3, -0.25) is 0 Å². The van der Waals surface area contributed by atoms with Crippen LogP contribution in [-0.2, 0) is 0 Å². The van der Waals surface area contributed by atoms with E-state index in [1.54, 1.807) is 0 Å². The van der Waals surface area contributed by atoms with Crippen molar-refractivity contribution in [3.8, 4) is 22.5 Å². The molecule has 1 unspecified atom stereocenters. The van der Waals surface area contributed by atoms with Crippen molar-refractivity contribution in [3.63, 3.8) is 0 Å². The average Bonchev–Trinajstić information content (AvgIpc) is 3.83. The zero-order valence-electron chi connectivity index (χ0n) is 32.6. The summed E-state index contributed by atoms with van der Waals surface area (Å²) in [6.45, 7) is 0. The van der Waals surface area contributed by atoms with Gasteiger partial charge in [0.05, 0.1) is 27.8 Å². The number of fused-ring (bicyclic) bond motifs is 7. The summed E-state index contributed by atoms with van der Waals surface area (Å²) in [4.78, 5) is 10.5. The summed E-state index contributed by atoms with van der Waals surface area (Å²) >= 11 is 0. The third-order valence-electron chi connectivity index (χ3n) is 11.9. The minimum Gasteiger partial charge on any atom is -0.344 e. The summed E-state index contributed by atoms with van der Waals surface area (Å²) < 4.78 is 4.86. The van der Waals surface area contributed by atoms with Gasteiger partial charge in [-0.15, -0.1) is 0 Å². The van der Waals surface area contributed by atoms with Crippen molar-refractivity contribution in [2.24, 2.45) is 9.98 Å². The van der Waals surface area contributed by atoms with Crippen LogP contribution >= 0.6 is 0 Å². The molecule has 3 heterocycles. The summed E-state index contributed by atoms with van der Waals surface area (Å²) in [5.41, 5.74) is 12.3. The summed E-state index contributed by atoms with van der Waals surface area (Å²) in [6.07, 6.45) is -0.339. The lowest BCUT2D eigenvalue weighted by atomic mass is 10.0. The molecule has 2 aromatic heterocycles. The van der Waals surface area contributed by atoms with Gasteiger partial charge in [0, 0.05) is 43.7 Å². The van der Waals surface area contributed by atoms with Crippen LogP contribution in [0.3, 0.4) is 0 Å². The van der Waals surface area contributed by atoms with Crippen LogP contribution in [0.15, 0.2) is 222 Å². The van der Waals surface area contributed by atoms with Gasteiger partial charge < -0.3 is 14.5 Å². The molecule has 0 saturated heterocycles. The molecule has 5 nitrogen and oxygen atoms in total. The highest BCUT2D eigenvalue weighted by Crippen LogP contribution is 2.41. The van der Waals surface area contributed by atoms with Crippen molar-refractivity contribution in [3.05, 3.63) is 229 Å². The number of nitrogens with one attached hydrogen (secondary N) is 1. The highest BCUT2D eigenvalue weighted by molar-refractivity contribution is 6.20. The Kier molecular flexibility index (Phi) is 7.85. The third kappa shape index (κ3) is 5.55. The number of hydrogen-bond acceptors (Lipinski definition) is 3. The molecular formula is C55H37N5. The van der Waals surface area contributed by atoms with Gasteiger partial charge in [0.2, 0.25) is 0 Å². The van der Waals surface area contributed by atoms with Crippen LogP contribution in [0.2, 0.25) is 0 Å². The molecule has 1 atom stereocenters. The average molecular weight is 768 g/mol. The van der Waals surface area contributed by atoms with Crippen LogP contribution in [-0.4, -0.2) is 20.8 Å². The number of rotatable bonds is 6. The Morgan fingerprint density at radius 2 is 0.933 bits per heavy atom. The van der Waals surface area contributed by atoms with E-state index < -0.39 is 0 Å². The molecule has 0 saturated carbocycles. The van der Waals surface area contributed by atoms with Crippen LogP contribution in [0.25, 0.3) is 76.9 Å². The van der Waals surface area contributed by atoms with E-state index >= 15 is 0 Å². The number of nitrogens with zero attached hydrogens (tertiary/aromatic N) is 4. The van der Waals surface area contributed by atoms with Crippen LogP contribution in [0.1, 0.15) is 22.9 Å². The molecule has 1 aliphatic heterocycles. The second kappa shape index (κ2) is 13.8. The lowest BCUT2D eigenvalue weighted by molar-refractivity contribution is 0.674. The highest BCUT2D eigenvalue weighted by atomic mass is 15.2. The minimum absolute atomic E-state index is 0.339. The van der Waals surface area contributed by atoms with E-state index in [4.69, 9.17) is 9.98 Å². The topological polar surface area (TPSA) is 46.6 Å². The first-order valence-corrected chi connectivity index (χ1v) is 20.4. The normalized spacial score (nSPS) is 14.2. The Morgan fingerprint density at radius 3 is 1.63 bits per heavy atom. The highest BCUT2D eigenvalue weighted by Gasteiger charge is 2.24. The van der Waals surface area contributed by atoms with Gasteiger partial charge in [0.1, 0.15) is 12.0 Å². The molecule has 0 fully saturated rings. The standard InChI is InChI=1S/C55H37N5/c1-4-16-36(17-5-1)37-28-30-39(31-29-37)54-56-53(38-18-6-2-7-19-38)57-55(58-54)41-32-40-20-10-11-23-43(40)50(33-41)60-49-27-15-13-25-45(49)47-34-46-44-24-12-14-26-48(44)59(51(46)35-52(47)60)42-21-8-3-9-22-42/h1-35,54H,(H,56,57,58). The molecular weight excluding hydrogens is 731 g/mol. The van der Waals surface area contributed by atoms with Gasteiger partial charge in [0.25, 0.3) is 0 Å². The van der Waals surface area contributed by atoms with E-state index in [0.717, 1.165) is 55.7 Å². The van der Waals surface area contributed by atoms with Gasteiger partial charge in [-0.2, -0.15) is 0 Å². The summed E-state index contributed by atoms with van der Waals surface area (Å²) in [7, 11) is 0. The molecule has 5 heteroatoms. The molecule has 60 heavy (non-hydrogen) atoms. The Bertz CT molecular complexity index is 3490. The van der Waals surface area contributed by atoms with Gasteiger partial charge in [0.15, 0.2) is 5.84 Å². The number of benzene rings is 9. The van der Waals surface area contributed by atoms with Gasteiger partial charge in [-0.1, -0.05) is 164 Å². The van der Waals surface area contributed by atoms with E-state index in [1.165, 1.54) is 43.7 Å². The van der Waals surface area contributed by atoms with Crippen molar-refractivity contribution in [2.75, 3.05) is 0 Å². The molecule has 0 radical (unpaired) electrons. The van der Waals surface area contributed by atoms with E-state index in [2.05, 4.69) is 209 Å². The summed E-state index contributed by atoms with van der Waals surface area (Å²) in [5.74, 6) is 1.48. The zero-order chi connectivity index (χ0) is 39.6. The Morgan fingerprint density at radius 1 is 0.383 bits per heavy atom. The predicted molar refractivity (Wildman–Crippen MR) is 250 cm³/mol. The van der Waals surface area contributed by atoms with Gasteiger partial charge in [-0.25, -0.2) is 9.98 Å². The SMILES string of the molecule is c1ccc(C2=NC(c3ccc(-c4ccccc4)cc3)NC(c3cc(-n4c5ccccc5c5cc6c7ccccc7n(-c7ccccc7)c6cc54)c4ccccc4c3)=N2)cc1. The lowest BCUT2D eigenvalue weighted by Crippen LogP contribution is -2.33. The molecule has 9 aromatic carbocycles. The first-order chi connectivity index (χ1) is 29.7. The van der Waals surface area contributed by atoms with Gasteiger partial charge >= 0.3 is 0 Å². The maximum atomic E-state index is 5.27. The van der Waals surface area contributed by atoms with E-state index in [9.17, 15) is 0 Å². The quantitative estimate of drug-likeness (QED) is 0.180. The second-order valence-corrected chi connectivity index (χ2v) is 15.5. The first kappa shape index (κ1) is 34.1. The van der Waals surface area contributed by atoms with Crippen molar-refractivity contribution in [1.29, 1.82) is 0 Å². The fraction of sp³-hybridized carbons (Fsp3) is 0.0182. The zero-order valence-corrected chi connectivity index (χ0v) is 32.6. The van der Waals surface area contributed by atoms with E-state index in [1.807, 2.05) is 18.2 Å². The largest absolute Gasteiger partial charge is 0.344 e. The molecule has 1 aliphatic rings. The predicted octanol–water partition coefficient (Wildman–Crippen LogP) is 13.2. The molecule has 0 spiro atoms. The Labute approximate surface area is 346 Å². The first-order valence-electron chi connectivity index (χ1n) is 20.4. The summed E-state index contributed by atoms with van der Waals surface area (Å²) in [5, 5.41) is 11.0. The number of para-hydroxylation sites is 3. The molecule has 1 N–H and O–H groups in total. The monoisotopic (exact) mass is 767 g/mol. The fourth-order valence-corrected chi connectivity index (χ4v) is 9.13. The van der Waals surface area contributed by atoms with Crippen molar-refractivity contribution < 1.29 is 0 Å². The van der Waals surface area contributed by atoms with Crippen LogP contribution < -0.4 is 5.32 Å². The smallest absolute Gasteiger partial charge is 0.159 e. The minimum atomic E-state index is -0.339. The Balaban J connectivity index is 1.07. The van der Waals surface area contributed by atoms with Crippen molar-refractivity contribution in [1.82, 2.24) is 14.5 Å². The fourth-order valence-electron chi connectivity index (χ4n) is 9.13. The number of amidine groups is 2. The van der Waals surface area contributed by atoms with E-state index in [0.29, 0.717) is 5.84 Å². The maximum absolute atomic E-state index is 5.27. The number of aromatic nitrogens is 2. The molecule has 12 rings (SSSR count).